The Morgan fingerprint density at radius 3 is 2.20 bits per heavy atom. The average Bonchev–Trinajstić information content (AvgIpc) is 2.17. The van der Waals surface area contributed by atoms with Gasteiger partial charge in [-0.05, 0) is 0 Å². The Labute approximate surface area is 86.5 Å². The van der Waals surface area contributed by atoms with Crippen molar-refractivity contribution in [3.8, 4) is 0 Å². The molecule has 1 saturated heterocycles. The van der Waals surface area contributed by atoms with Crippen molar-refractivity contribution in [2.45, 2.75) is 6.92 Å². The fraction of sp³-hybridized carbons (Fsp3) is 0.714. The number of hydrogen-bond donors (Lipinski definition) is 1. The highest BCUT2D eigenvalue weighted by Gasteiger charge is 2.21. The summed E-state index contributed by atoms with van der Waals surface area (Å²) < 4.78 is 0. The van der Waals surface area contributed by atoms with Crippen molar-refractivity contribution < 1.29 is 9.83 Å². The van der Waals surface area contributed by atoms with Crippen LogP contribution in [0.25, 0.3) is 0 Å². The molecule has 0 aromatic carbocycles. The first-order valence-corrected chi connectivity index (χ1v) is 4.49. The second-order valence-electron chi connectivity index (χ2n) is 3.19. The number of carbonyl (C=O) groups excluding carboxylic acids is 1. The molecule has 84 valence electrons. The summed E-state index contributed by atoms with van der Waals surface area (Å²) in [5.74, 6) is -0.109. The van der Waals surface area contributed by atoms with E-state index in [1.54, 1.807) is 9.80 Å². The van der Waals surface area contributed by atoms with Crippen molar-refractivity contribution in [2.75, 3.05) is 26.2 Å². The van der Waals surface area contributed by atoms with Crippen molar-refractivity contribution >= 4 is 11.9 Å². The molecule has 8 heteroatoms. The van der Waals surface area contributed by atoms with E-state index in [9.17, 15) is 14.9 Å². The summed E-state index contributed by atoms with van der Waals surface area (Å²) >= 11 is 0. The minimum absolute atomic E-state index is 0.000522. The molecular weight excluding hydrogens is 202 g/mol. The first kappa shape index (κ1) is 11.2. The van der Waals surface area contributed by atoms with Crippen molar-refractivity contribution in [3.05, 3.63) is 10.1 Å². The molecule has 8 nitrogen and oxygen atoms in total. The number of hydrazone groups is 1. The van der Waals surface area contributed by atoms with E-state index in [0.717, 1.165) is 0 Å². The van der Waals surface area contributed by atoms with Gasteiger partial charge in [0, 0.05) is 33.1 Å². The number of rotatable bonds is 1. The third-order valence-corrected chi connectivity index (χ3v) is 2.23. The molecule has 2 N–H and O–H groups in total. The summed E-state index contributed by atoms with van der Waals surface area (Å²) in [6, 6.07) is 0. The molecule has 0 spiro atoms. The van der Waals surface area contributed by atoms with Crippen molar-refractivity contribution in [1.29, 1.82) is 0 Å². The van der Waals surface area contributed by atoms with E-state index in [2.05, 4.69) is 5.10 Å². The van der Waals surface area contributed by atoms with Crippen LogP contribution in [0, 0.1) is 10.1 Å². The predicted octanol–water partition coefficient (Wildman–Crippen LogP) is -1.34. The molecule has 15 heavy (non-hydrogen) atoms. The summed E-state index contributed by atoms with van der Waals surface area (Å²) in [6.07, 6.45) is 0. The summed E-state index contributed by atoms with van der Waals surface area (Å²) in [5, 5.41) is 12.3. The minimum atomic E-state index is -0.827. The van der Waals surface area contributed by atoms with Gasteiger partial charge in [0.25, 0.3) is 5.96 Å². The number of carbonyl (C=O) groups is 1. The van der Waals surface area contributed by atoms with Crippen LogP contribution in [0.2, 0.25) is 0 Å². The van der Waals surface area contributed by atoms with E-state index in [1.807, 2.05) is 0 Å². The SMILES string of the molecule is CC(=O)N1CCN(/C(N)=N\[N+](=O)[O-])CC1. The zero-order valence-corrected chi connectivity index (χ0v) is 8.42. The summed E-state index contributed by atoms with van der Waals surface area (Å²) in [7, 11) is 0. The maximum absolute atomic E-state index is 11.0. The Balaban J connectivity index is 2.50. The predicted molar refractivity (Wildman–Crippen MR) is 52.4 cm³/mol. The van der Waals surface area contributed by atoms with Crippen LogP contribution in [-0.2, 0) is 4.79 Å². The molecule has 1 heterocycles. The van der Waals surface area contributed by atoms with Crippen LogP contribution >= 0.6 is 0 Å². The van der Waals surface area contributed by atoms with Gasteiger partial charge in [0.1, 0.15) is 5.10 Å². The molecule has 0 saturated carbocycles. The maximum atomic E-state index is 11.0. The van der Waals surface area contributed by atoms with Gasteiger partial charge in [-0.2, -0.15) is 0 Å². The third-order valence-electron chi connectivity index (χ3n) is 2.23. The van der Waals surface area contributed by atoms with Gasteiger partial charge in [-0.1, -0.05) is 0 Å². The van der Waals surface area contributed by atoms with Crippen molar-refractivity contribution in [3.63, 3.8) is 0 Å². The lowest BCUT2D eigenvalue weighted by atomic mass is 10.3. The zero-order valence-electron chi connectivity index (χ0n) is 8.42. The van der Waals surface area contributed by atoms with Gasteiger partial charge in [-0.25, -0.2) is 10.1 Å². The number of guanidine groups is 1. The van der Waals surface area contributed by atoms with E-state index < -0.39 is 5.03 Å². The lowest BCUT2D eigenvalue weighted by Gasteiger charge is -2.33. The van der Waals surface area contributed by atoms with Crippen LogP contribution < -0.4 is 5.73 Å². The summed E-state index contributed by atoms with van der Waals surface area (Å²) in [6.45, 7) is 3.47. The van der Waals surface area contributed by atoms with Crippen LogP contribution in [0.3, 0.4) is 0 Å². The van der Waals surface area contributed by atoms with Crippen LogP contribution in [0.15, 0.2) is 5.10 Å². The Morgan fingerprint density at radius 2 is 1.80 bits per heavy atom. The maximum Gasteiger partial charge on any atom is 0.268 e. The fourth-order valence-corrected chi connectivity index (χ4v) is 1.40. The molecule has 1 aliphatic heterocycles. The fourth-order valence-electron chi connectivity index (χ4n) is 1.40. The first-order valence-electron chi connectivity index (χ1n) is 4.49. The largest absolute Gasteiger partial charge is 0.365 e. The van der Waals surface area contributed by atoms with Gasteiger partial charge in [-0.15, -0.1) is 0 Å². The number of piperazine rings is 1. The van der Waals surface area contributed by atoms with Gasteiger partial charge in [0.2, 0.25) is 5.91 Å². The van der Waals surface area contributed by atoms with E-state index in [1.165, 1.54) is 6.92 Å². The number of nitrogens with zero attached hydrogens (tertiary/aromatic N) is 4. The second-order valence-corrected chi connectivity index (χ2v) is 3.19. The topological polar surface area (TPSA) is 105 Å². The number of nitro groups is 1. The van der Waals surface area contributed by atoms with Crippen molar-refractivity contribution in [2.24, 2.45) is 10.8 Å². The minimum Gasteiger partial charge on any atom is -0.365 e. The Bertz CT molecular complexity index is 295. The monoisotopic (exact) mass is 215 g/mol. The Morgan fingerprint density at radius 1 is 1.33 bits per heavy atom. The van der Waals surface area contributed by atoms with Crippen LogP contribution in [-0.4, -0.2) is 52.9 Å². The van der Waals surface area contributed by atoms with E-state index in [0.29, 0.717) is 26.2 Å². The molecule has 1 aliphatic rings. The Hall–Kier alpha value is -1.86. The molecular formula is C7H13N5O3. The highest BCUT2D eigenvalue weighted by molar-refractivity contribution is 5.78. The molecule has 0 unspecified atom stereocenters. The molecule has 1 amide bonds. The zero-order chi connectivity index (χ0) is 11.4. The van der Waals surface area contributed by atoms with Crippen LogP contribution in [0.5, 0.6) is 0 Å². The Kier molecular flexibility index (Phi) is 3.42. The molecule has 0 atom stereocenters. The van der Waals surface area contributed by atoms with E-state index in [-0.39, 0.29) is 11.9 Å². The summed E-state index contributed by atoms with van der Waals surface area (Å²) in [4.78, 5) is 24.3. The van der Waals surface area contributed by atoms with Gasteiger partial charge in [0.05, 0.1) is 0 Å². The molecule has 0 aliphatic carbocycles. The van der Waals surface area contributed by atoms with E-state index >= 15 is 0 Å². The van der Waals surface area contributed by atoms with E-state index in [4.69, 9.17) is 5.73 Å². The van der Waals surface area contributed by atoms with Crippen LogP contribution in [0.4, 0.5) is 0 Å². The molecule has 1 fully saturated rings. The molecule has 0 aromatic rings. The standard InChI is InChI=1S/C7H13N5O3/c1-6(13)10-2-4-11(5-3-10)7(8)9-12(14)15/h2-5H2,1H3,(H2,8,9). The third kappa shape index (κ3) is 3.08. The number of amides is 1. The highest BCUT2D eigenvalue weighted by atomic mass is 16.7. The quantitative estimate of drug-likeness (QED) is 0.252. The average molecular weight is 215 g/mol. The lowest BCUT2D eigenvalue weighted by Crippen LogP contribution is -2.52. The number of hydrogen-bond acceptors (Lipinski definition) is 3. The van der Waals surface area contributed by atoms with Gasteiger partial charge < -0.3 is 15.5 Å². The molecule has 1 rings (SSSR count). The summed E-state index contributed by atoms with van der Waals surface area (Å²) in [5.41, 5.74) is 5.40. The van der Waals surface area contributed by atoms with Crippen LogP contribution in [0.1, 0.15) is 6.92 Å². The van der Waals surface area contributed by atoms with Gasteiger partial charge in [0.15, 0.2) is 5.03 Å². The number of nitrogens with two attached hydrogens (primary N) is 1. The molecule has 0 radical (unpaired) electrons. The van der Waals surface area contributed by atoms with Gasteiger partial charge >= 0.3 is 0 Å². The van der Waals surface area contributed by atoms with Gasteiger partial charge in [-0.3, -0.25) is 4.79 Å². The lowest BCUT2D eigenvalue weighted by molar-refractivity contribution is -0.485. The van der Waals surface area contributed by atoms with Crippen molar-refractivity contribution in [1.82, 2.24) is 9.80 Å². The molecule has 0 aromatic heterocycles. The smallest absolute Gasteiger partial charge is 0.268 e. The first-order chi connectivity index (χ1) is 7.00. The normalized spacial score (nSPS) is 17.8. The second kappa shape index (κ2) is 4.58. The molecule has 0 bridgehead atoms. The highest BCUT2D eigenvalue weighted by Crippen LogP contribution is 2.01.